The molecule has 14 heavy (non-hydrogen) atoms. The molecule has 0 radical (unpaired) electrons. The van der Waals surface area contributed by atoms with E-state index in [0.29, 0.717) is 0 Å². The molecular weight excluding hydrogens is 208 g/mol. The van der Waals surface area contributed by atoms with Crippen molar-refractivity contribution in [1.82, 2.24) is 4.75 Å². The third kappa shape index (κ3) is 4.58. The highest BCUT2D eigenvalue weighted by Crippen LogP contribution is 2.28. The van der Waals surface area contributed by atoms with E-state index in [4.69, 9.17) is 0 Å². The summed E-state index contributed by atoms with van der Waals surface area (Å²) >= 11 is 0. The third-order valence-corrected chi connectivity index (χ3v) is 5.35. The van der Waals surface area contributed by atoms with Crippen LogP contribution in [0, 0.1) is 6.92 Å². The van der Waals surface area contributed by atoms with Crippen LogP contribution in [-0.2, 0) is 6.42 Å². The molecule has 1 aromatic rings. The molecule has 0 amide bonds. The summed E-state index contributed by atoms with van der Waals surface area (Å²) in [7, 11) is 2.30. The molecule has 80 valence electrons. The molecule has 1 atom stereocenters. The fourth-order valence-electron chi connectivity index (χ4n) is 1.62. The van der Waals surface area contributed by atoms with Gasteiger partial charge in [-0.1, -0.05) is 39.0 Å². The standard InChI is InChI=1S/C11H21NP2/c1-3-4-5-6-7-8-9-11-10(2)12-14-13-11/h14H,3-9H2,1-2H3. The number of nitrogens with zero attached hydrogens (tertiary/aromatic N) is 1. The molecule has 1 rings (SSSR count). The predicted molar refractivity (Wildman–Crippen MR) is 68.1 cm³/mol. The van der Waals surface area contributed by atoms with Gasteiger partial charge in [0.1, 0.15) is 0 Å². The second-order valence-electron chi connectivity index (χ2n) is 3.87. The van der Waals surface area contributed by atoms with E-state index in [-0.39, 0.29) is 0 Å². The van der Waals surface area contributed by atoms with Crippen molar-refractivity contribution >= 4 is 15.9 Å². The average molecular weight is 229 g/mol. The summed E-state index contributed by atoms with van der Waals surface area (Å²) in [5.74, 6) is 0. The fourth-order valence-corrected chi connectivity index (χ4v) is 4.43. The van der Waals surface area contributed by atoms with E-state index in [9.17, 15) is 0 Å². The van der Waals surface area contributed by atoms with Crippen LogP contribution in [0.15, 0.2) is 0 Å². The topological polar surface area (TPSA) is 12.9 Å². The van der Waals surface area contributed by atoms with Crippen molar-refractivity contribution in [3.63, 3.8) is 0 Å². The summed E-state index contributed by atoms with van der Waals surface area (Å²) in [6, 6.07) is 0. The smallest absolute Gasteiger partial charge is 0.0495 e. The van der Waals surface area contributed by atoms with Crippen molar-refractivity contribution in [1.29, 1.82) is 0 Å². The Labute approximate surface area is 90.9 Å². The molecule has 0 fully saturated rings. The maximum atomic E-state index is 4.44. The Morgan fingerprint density at radius 2 is 1.86 bits per heavy atom. The quantitative estimate of drug-likeness (QED) is 0.605. The van der Waals surface area contributed by atoms with E-state index in [1.807, 2.05) is 0 Å². The third-order valence-electron chi connectivity index (χ3n) is 2.59. The fraction of sp³-hybridized carbons (Fsp3) is 0.818. The largest absolute Gasteiger partial charge is 0.241 e. The second kappa shape index (κ2) is 7.43. The van der Waals surface area contributed by atoms with E-state index in [1.54, 1.807) is 5.30 Å². The molecule has 0 spiro atoms. The lowest BCUT2D eigenvalue weighted by Gasteiger charge is -2.00. The zero-order valence-electron chi connectivity index (χ0n) is 9.34. The summed E-state index contributed by atoms with van der Waals surface area (Å²) in [6.45, 7) is 4.44. The summed E-state index contributed by atoms with van der Waals surface area (Å²) in [5, 5.41) is 1.61. The molecule has 0 saturated heterocycles. The van der Waals surface area contributed by atoms with E-state index in [1.165, 1.54) is 58.5 Å². The normalized spacial score (nSPS) is 11.9. The Balaban J connectivity index is 2.02. The van der Waals surface area contributed by atoms with Crippen LogP contribution in [0.25, 0.3) is 0 Å². The molecule has 1 aromatic heterocycles. The summed E-state index contributed by atoms with van der Waals surface area (Å²) in [4.78, 5) is 0. The molecule has 1 unspecified atom stereocenters. The van der Waals surface area contributed by atoms with Crippen LogP contribution in [0.2, 0.25) is 0 Å². The molecule has 0 aromatic carbocycles. The Bertz CT molecular complexity index is 245. The lowest BCUT2D eigenvalue weighted by molar-refractivity contribution is 0.608. The first-order chi connectivity index (χ1) is 6.84. The van der Waals surface area contributed by atoms with Gasteiger partial charge in [0.25, 0.3) is 0 Å². The van der Waals surface area contributed by atoms with Crippen molar-refractivity contribution in [2.75, 3.05) is 0 Å². The van der Waals surface area contributed by atoms with Crippen LogP contribution in [0.3, 0.4) is 0 Å². The number of unbranched alkanes of at least 4 members (excludes halogenated alkanes) is 5. The molecule has 3 heteroatoms. The summed E-state index contributed by atoms with van der Waals surface area (Å²) < 4.78 is 4.44. The highest BCUT2D eigenvalue weighted by atomic mass is 31.8. The van der Waals surface area contributed by atoms with Crippen LogP contribution in [-0.4, -0.2) is 4.75 Å². The summed E-state index contributed by atoms with van der Waals surface area (Å²) in [6.07, 6.45) is 9.71. The number of rotatable bonds is 7. The van der Waals surface area contributed by atoms with Gasteiger partial charge in [0.15, 0.2) is 0 Å². The van der Waals surface area contributed by atoms with Crippen LogP contribution in [0.5, 0.6) is 0 Å². The minimum absolute atomic E-state index is 0.805. The van der Waals surface area contributed by atoms with Gasteiger partial charge in [-0.15, -0.1) is 0 Å². The van der Waals surface area contributed by atoms with Gasteiger partial charge in [0, 0.05) is 11.0 Å². The minimum atomic E-state index is 0.805. The first-order valence-corrected chi connectivity index (χ1v) is 8.39. The van der Waals surface area contributed by atoms with Gasteiger partial charge < -0.3 is 0 Å². The van der Waals surface area contributed by atoms with Crippen molar-refractivity contribution in [2.45, 2.75) is 58.8 Å². The molecule has 0 N–H and O–H groups in total. The zero-order valence-corrected chi connectivity index (χ0v) is 11.2. The van der Waals surface area contributed by atoms with Gasteiger partial charge in [0.05, 0.1) is 0 Å². The Morgan fingerprint density at radius 1 is 1.14 bits per heavy atom. The van der Waals surface area contributed by atoms with Gasteiger partial charge in [0.2, 0.25) is 0 Å². The molecule has 0 aliphatic heterocycles. The minimum Gasteiger partial charge on any atom is -0.241 e. The SMILES string of the molecule is CCCCCCCCc1p[pH]nc1C. The number of hydrogen-bond donors (Lipinski definition) is 0. The van der Waals surface area contributed by atoms with Gasteiger partial charge in [-0.25, -0.2) is 4.75 Å². The Kier molecular flexibility index (Phi) is 6.48. The van der Waals surface area contributed by atoms with Crippen molar-refractivity contribution in [2.24, 2.45) is 0 Å². The second-order valence-corrected chi connectivity index (χ2v) is 6.33. The zero-order chi connectivity index (χ0) is 10.2. The molecule has 0 aliphatic carbocycles. The molecule has 0 bridgehead atoms. The van der Waals surface area contributed by atoms with Gasteiger partial charge in [-0.05, 0) is 35.7 Å². The Hall–Kier alpha value is 0.140. The molecular formula is C11H21NP2. The van der Waals surface area contributed by atoms with E-state index >= 15 is 0 Å². The van der Waals surface area contributed by atoms with Gasteiger partial charge in [-0.3, -0.25) is 0 Å². The predicted octanol–water partition coefficient (Wildman–Crippen LogP) is 4.90. The maximum absolute atomic E-state index is 4.44. The van der Waals surface area contributed by atoms with Crippen LogP contribution in [0.4, 0.5) is 0 Å². The highest BCUT2D eigenvalue weighted by molar-refractivity contribution is 7.89. The summed E-state index contributed by atoms with van der Waals surface area (Å²) in [5.41, 5.74) is 1.33. The Morgan fingerprint density at radius 3 is 2.50 bits per heavy atom. The maximum Gasteiger partial charge on any atom is 0.0495 e. The van der Waals surface area contributed by atoms with Gasteiger partial charge >= 0.3 is 0 Å². The molecule has 0 saturated carbocycles. The highest BCUT2D eigenvalue weighted by Gasteiger charge is 1.99. The van der Waals surface area contributed by atoms with Crippen molar-refractivity contribution < 1.29 is 0 Å². The molecule has 1 nitrogen and oxygen atoms in total. The number of aryl methyl sites for hydroxylation is 2. The van der Waals surface area contributed by atoms with Crippen LogP contribution < -0.4 is 0 Å². The van der Waals surface area contributed by atoms with Crippen LogP contribution >= 0.6 is 15.9 Å². The monoisotopic (exact) mass is 229 g/mol. The lowest BCUT2D eigenvalue weighted by atomic mass is 10.1. The number of hydrogen-bond acceptors (Lipinski definition) is 1. The van der Waals surface area contributed by atoms with Crippen molar-refractivity contribution in [3.8, 4) is 0 Å². The first kappa shape index (κ1) is 12.2. The van der Waals surface area contributed by atoms with Crippen LogP contribution in [0.1, 0.15) is 56.4 Å². The number of aromatic nitrogens is 1. The molecule has 1 heterocycles. The van der Waals surface area contributed by atoms with E-state index in [2.05, 4.69) is 18.6 Å². The van der Waals surface area contributed by atoms with E-state index in [0.717, 1.165) is 8.03 Å². The van der Waals surface area contributed by atoms with Gasteiger partial charge in [-0.2, -0.15) is 0 Å². The average Bonchev–Trinajstić information content (AvgIpc) is 2.58. The van der Waals surface area contributed by atoms with Crippen molar-refractivity contribution in [3.05, 3.63) is 11.0 Å². The molecule has 0 aliphatic rings. The van der Waals surface area contributed by atoms with E-state index < -0.39 is 0 Å². The first-order valence-electron chi connectivity index (χ1n) is 5.71. The lowest BCUT2D eigenvalue weighted by Crippen LogP contribution is -1.85.